The quantitative estimate of drug-likeness (QED) is 0.864. The van der Waals surface area contributed by atoms with Gasteiger partial charge in [0.2, 0.25) is 0 Å². The van der Waals surface area contributed by atoms with Gasteiger partial charge in [-0.2, -0.15) is 0 Å². The number of nitrogens with zero attached hydrogens (tertiary/aromatic N) is 1. The van der Waals surface area contributed by atoms with E-state index >= 15 is 0 Å². The molecule has 24 heavy (non-hydrogen) atoms. The third kappa shape index (κ3) is 4.69. The van der Waals surface area contributed by atoms with Crippen LogP contribution in [0.5, 0.6) is 5.75 Å². The smallest absolute Gasteiger partial charge is 0.261 e. The van der Waals surface area contributed by atoms with E-state index in [2.05, 4.69) is 4.72 Å². The van der Waals surface area contributed by atoms with Crippen LogP contribution in [0.3, 0.4) is 0 Å². The van der Waals surface area contributed by atoms with E-state index in [-0.39, 0.29) is 23.1 Å². The Bertz CT molecular complexity index is 820. The fraction of sp³-hybridized carbons (Fsp3) is 0.188. The van der Waals surface area contributed by atoms with Crippen LogP contribution in [-0.4, -0.2) is 39.9 Å². The molecule has 0 aliphatic heterocycles. The Morgan fingerprint density at radius 1 is 1.17 bits per heavy atom. The van der Waals surface area contributed by atoms with E-state index in [0.29, 0.717) is 5.75 Å². The molecule has 1 amide bonds. The van der Waals surface area contributed by atoms with Crippen LogP contribution in [0.2, 0.25) is 0 Å². The van der Waals surface area contributed by atoms with Crippen molar-refractivity contribution in [2.24, 2.45) is 0 Å². The van der Waals surface area contributed by atoms with Crippen LogP contribution in [0.25, 0.3) is 0 Å². The van der Waals surface area contributed by atoms with Crippen LogP contribution in [0, 0.1) is 5.82 Å². The lowest BCUT2D eigenvalue weighted by atomic mass is 10.3. The zero-order valence-electron chi connectivity index (χ0n) is 13.2. The van der Waals surface area contributed by atoms with E-state index in [9.17, 15) is 17.6 Å². The van der Waals surface area contributed by atoms with E-state index in [1.807, 2.05) is 0 Å². The Morgan fingerprint density at radius 3 is 2.42 bits per heavy atom. The number of likely N-dealkylation sites (N-methyl/N-ethyl adjacent to an activating group) is 1. The number of carbonyl (C=O) groups is 1. The molecule has 1 N–H and O–H groups in total. The van der Waals surface area contributed by atoms with Gasteiger partial charge in [0, 0.05) is 14.1 Å². The first-order valence-electron chi connectivity index (χ1n) is 6.99. The highest BCUT2D eigenvalue weighted by Gasteiger charge is 2.15. The maximum atomic E-state index is 13.1. The second-order valence-electron chi connectivity index (χ2n) is 5.16. The van der Waals surface area contributed by atoms with Gasteiger partial charge in [-0.25, -0.2) is 12.8 Å². The molecule has 0 aromatic heterocycles. The number of carbonyl (C=O) groups excluding carboxylic acids is 1. The summed E-state index contributed by atoms with van der Waals surface area (Å²) in [6.07, 6.45) is 0. The number of nitrogens with one attached hydrogen (secondary N) is 1. The minimum absolute atomic E-state index is 0.00181. The maximum Gasteiger partial charge on any atom is 0.261 e. The first kappa shape index (κ1) is 17.7. The van der Waals surface area contributed by atoms with Crippen molar-refractivity contribution in [3.8, 4) is 5.75 Å². The average Bonchev–Trinajstić information content (AvgIpc) is 2.52. The van der Waals surface area contributed by atoms with Crippen molar-refractivity contribution < 1.29 is 22.3 Å². The molecule has 0 aliphatic rings. The van der Waals surface area contributed by atoms with Gasteiger partial charge in [-0.3, -0.25) is 9.52 Å². The van der Waals surface area contributed by atoms with Crippen LogP contribution < -0.4 is 9.46 Å². The zero-order valence-corrected chi connectivity index (χ0v) is 14.0. The molecule has 128 valence electrons. The van der Waals surface area contributed by atoms with Gasteiger partial charge in [0.25, 0.3) is 15.9 Å². The zero-order chi connectivity index (χ0) is 17.7. The van der Waals surface area contributed by atoms with Crippen LogP contribution in [0.1, 0.15) is 0 Å². The first-order chi connectivity index (χ1) is 11.3. The predicted molar refractivity (Wildman–Crippen MR) is 87.8 cm³/mol. The molecule has 8 heteroatoms. The van der Waals surface area contributed by atoms with E-state index in [1.54, 1.807) is 14.1 Å². The molecule has 0 unspecified atom stereocenters. The fourth-order valence-electron chi connectivity index (χ4n) is 1.76. The predicted octanol–water partition coefficient (Wildman–Crippen LogP) is 2.09. The number of benzene rings is 2. The van der Waals surface area contributed by atoms with Crippen LogP contribution >= 0.6 is 0 Å². The summed E-state index contributed by atoms with van der Waals surface area (Å²) in [4.78, 5) is 12.8. The summed E-state index contributed by atoms with van der Waals surface area (Å²) >= 11 is 0. The summed E-state index contributed by atoms with van der Waals surface area (Å²) in [5.41, 5.74) is 0.131. The van der Waals surface area contributed by atoms with Gasteiger partial charge in [-0.15, -0.1) is 0 Å². The average molecular weight is 352 g/mol. The summed E-state index contributed by atoms with van der Waals surface area (Å²) in [7, 11) is -0.618. The molecule has 2 aromatic rings. The third-order valence-corrected chi connectivity index (χ3v) is 4.47. The summed E-state index contributed by atoms with van der Waals surface area (Å²) in [5.74, 6) is -0.376. The molecular weight excluding hydrogens is 335 g/mol. The Kier molecular flexibility index (Phi) is 5.40. The van der Waals surface area contributed by atoms with Gasteiger partial charge in [0.1, 0.15) is 11.6 Å². The molecule has 0 fully saturated rings. The number of amides is 1. The largest absolute Gasteiger partial charge is 0.484 e. The molecule has 0 spiro atoms. The fourth-order valence-corrected chi connectivity index (χ4v) is 2.80. The summed E-state index contributed by atoms with van der Waals surface area (Å²) in [6, 6.07) is 10.7. The van der Waals surface area contributed by atoms with Crippen molar-refractivity contribution >= 4 is 21.6 Å². The lowest BCUT2D eigenvalue weighted by Crippen LogP contribution is -2.27. The minimum atomic E-state index is -3.84. The van der Waals surface area contributed by atoms with E-state index < -0.39 is 15.8 Å². The van der Waals surface area contributed by atoms with E-state index in [0.717, 1.165) is 6.07 Å². The molecule has 0 heterocycles. The van der Waals surface area contributed by atoms with Crippen LogP contribution in [0.4, 0.5) is 10.1 Å². The van der Waals surface area contributed by atoms with Crippen LogP contribution in [-0.2, 0) is 14.8 Å². The molecule has 0 aliphatic carbocycles. The summed E-state index contributed by atoms with van der Waals surface area (Å²) < 4.78 is 45.2. The second-order valence-corrected chi connectivity index (χ2v) is 6.85. The summed E-state index contributed by atoms with van der Waals surface area (Å²) in [5, 5.41) is 0. The molecular formula is C16H17FN2O4S. The van der Waals surface area contributed by atoms with E-state index in [4.69, 9.17) is 4.74 Å². The third-order valence-electron chi connectivity index (χ3n) is 3.07. The topological polar surface area (TPSA) is 75.7 Å². The van der Waals surface area contributed by atoms with Crippen molar-refractivity contribution in [3.63, 3.8) is 0 Å². The van der Waals surface area contributed by atoms with Crippen molar-refractivity contribution in [1.82, 2.24) is 4.90 Å². The Hall–Kier alpha value is -2.61. The second kappa shape index (κ2) is 7.31. The molecule has 0 saturated carbocycles. The number of hydrogen-bond acceptors (Lipinski definition) is 4. The first-order valence-corrected chi connectivity index (χ1v) is 8.47. The molecule has 2 rings (SSSR count). The van der Waals surface area contributed by atoms with Gasteiger partial charge in [0.05, 0.1) is 10.6 Å². The Morgan fingerprint density at radius 2 is 1.83 bits per heavy atom. The highest BCUT2D eigenvalue weighted by atomic mass is 32.2. The van der Waals surface area contributed by atoms with Gasteiger partial charge < -0.3 is 9.64 Å². The van der Waals surface area contributed by atoms with Crippen molar-refractivity contribution in [2.45, 2.75) is 4.90 Å². The van der Waals surface area contributed by atoms with Gasteiger partial charge in [-0.1, -0.05) is 6.07 Å². The van der Waals surface area contributed by atoms with E-state index in [1.165, 1.54) is 47.4 Å². The number of anilines is 1. The molecule has 0 saturated heterocycles. The van der Waals surface area contributed by atoms with Crippen molar-refractivity contribution in [1.29, 1.82) is 0 Å². The lowest BCUT2D eigenvalue weighted by Gasteiger charge is -2.12. The standard InChI is InChI=1S/C16H17FN2O4S/c1-19(2)16(20)11-23-14-6-8-15(9-7-14)24(21,22)18-13-5-3-4-12(17)10-13/h3-10,18H,11H2,1-2H3. The highest BCUT2D eigenvalue weighted by molar-refractivity contribution is 7.92. The highest BCUT2D eigenvalue weighted by Crippen LogP contribution is 2.19. The van der Waals surface area contributed by atoms with Crippen molar-refractivity contribution in [3.05, 3.63) is 54.3 Å². The number of halogens is 1. The minimum Gasteiger partial charge on any atom is -0.484 e. The van der Waals surface area contributed by atoms with Gasteiger partial charge in [0.15, 0.2) is 6.61 Å². The Labute approximate surface area is 139 Å². The summed E-state index contributed by atoms with van der Waals surface area (Å²) in [6.45, 7) is -0.138. The molecule has 2 aromatic carbocycles. The van der Waals surface area contributed by atoms with Crippen LogP contribution in [0.15, 0.2) is 53.4 Å². The number of hydrogen-bond donors (Lipinski definition) is 1. The molecule has 0 bridgehead atoms. The van der Waals surface area contributed by atoms with Gasteiger partial charge >= 0.3 is 0 Å². The number of rotatable bonds is 6. The van der Waals surface area contributed by atoms with Gasteiger partial charge in [-0.05, 0) is 42.5 Å². The lowest BCUT2D eigenvalue weighted by molar-refractivity contribution is -0.130. The number of sulfonamides is 1. The number of ether oxygens (including phenoxy) is 1. The normalized spacial score (nSPS) is 11.0. The Balaban J connectivity index is 2.07. The molecule has 0 atom stereocenters. The molecule has 6 nitrogen and oxygen atoms in total. The molecule has 0 radical (unpaired) electrons. The van der Waals surface area contributed by atoms with Crippen molar-refractivity contribution in [2.75, 3.05) is 25.4 Å². The SMILES string of the molecule is CN(C)C(=O)COc1ccc(S(=O)(=O)Nc2cccc(F)c2)cc1. The maximum absolute atomic E-state index is 13.1. The monoisotopic (exact) mass is 352 g/mol.